The Hall–Kier alpha value is -2.57. The van der Waals surface area contributed by atoms with Gasteiger partial charge in [0, 0.05) is 12.6 Å². The molecule has 1 aromatic carbocycles. The lowest BCUT2D eigenvalue weighted by molar-refractivity contribution is -0.143. The summed E-state index contributed by atoms with van der Waals surface area (Å²) in [6.07, 6.45) is 2.49. The van der Waals surface area contributed by atoms with Gasteiger partial charge >= 0.3 is 6.09 Å². The molecule has 0 aromatic heterocycles. The number of unbranched alkanes of at least 4 members (excludes halogenated alkanes) is 2. The van der Waals surface area contributed by atoms with E-state index in [-0.39, 0.29) is 23.8 Å². The van der Waals surface area contributed by atoms with Gasteiger partial charge in [0.2, 0.25) is 11.8 Å². The lowest BCUT2D eigenvalue weighted by Gasteiger charge is -2.35. The van der Waals surface area contributed by atoms with Crippen LogP contribution in [0.25, 0.3) is 0 Å². The molecule has 0 bridgehead atoms. The van der Waals surface area contributed by atoms with Gasteiger partial charge < -0.3 is 20.3 Å². The second-order valence-electron chi connectivity index (χ2n) is 11.6. The standard InChI is InChI=1S/C29H49N3O4/c1-11-12-13-14-32(27(34)24(15-19(2)3)31-28(35)36-29(8,9)10)25(26(33)30-20(4)5)23-17-21(6)16-22(7)18-23/h16-20,24-25H,11-15H2,1-10H3,(H,30,33)(H,31,35). The van der Waals surface area contributed by atoms with Crippen LogP contribution in [-0.2, 0) is 14.3 Å². The molecule has 3 amide bonds. The van der Waals surface area contributed by atoms with Crippen molar-refractivity contribution in [2.24, 2.45) is 5.92 Å². The summed E-state index contributed by atoms with van der Waals surface area (Å²) >= 11 is 0. The smallest absolute Gasteiger partial charge is 0.408 e. The summed E-state index contributed by atoms with van der Waals surface area (Å²) in [5, 5.41) is 5.81. The number of hydrogen-bond acceptors (Lipinski definition) is 4. The summed E-state index contributed by atoms with van der Waals surface area (Å²) in [6, 6.07) is 4.31. The SMILES string of the molecule is CCCCCN(C(=O)C(CC(C)C)NC(=O)OC(C)(C)C)C(C(=O)NC(C)C)c1cc(C)cc(C)c1. The molecule has 0 saturated carbocycles. The summed E-state index contributed by atoms with van der Waals surface area (Å²) in [5.74, 6) is -0.343. The average Bonchev–Trinajstić information content (AvgIpc) is 2.69. The zero-order chi connectivity index (χ0) is 27.6. The first-order valence-electron chi connectivity index (χ1n) is 13.3. The molecular formula is C29H49N3O4. The Labute approximate surface area is 218 Å². The Bertz CT molecular complexity index is 854. The van der Waals surface area contributed by atoms with Crippen molar-refractivity contribution in [1.82, 2.24) is 15.5 Å². The second kappa shape index (κ2) is 14.2. The van der Waals surface area contributed by atoms with Gasteiger partial charge in [-0.2, -0.15) is 0 Å². The van der Waals surface area contributed by atoms with E-state index in [1.54, 1.807) is 25.7 Å². The molecule has 0 heterocycles. The fourth-order valence-electron chi connectivity index (χ4n) is 4.25. The predicted molar refractivity (Wildman–Crippen MR) is 146 cm³/mol. The van der Waals surface area contributed by atoms with Crippen LogP contribution < -0.4 is 10.6 Å². The molecule has 204 valence electrons. The van der Waals surface area contributed by atoms with Crippen molar-refractivity contribution in [3.8, 4) is 0 Å². The van der Waals surface area contributed by atoms with Gasteiger partial charge in [0.25, 0.3) is 0 Å². The van der Waals surface area contributed by atoms with Crippen LogP contribution in [0.1, 0.15) is 104 Å². The molecule has 0 saturated heterocycles. The molecule has 2 atom stereocenters. The minimum atomic E-state index is -0.804. The number of nitrogens with zero attached hydrogens (tertiary/aromatic N) is 1. The van der Waals surface area contributed by atoms with Crippen molar-refractivity contribution in [2.45, 2.75) is 119 Å². The maximum Gasteiger partial charge on any atom is 0.408 e. The van der Waals surface area contributed by atoms with Crippen molar-refractivity contribution >= 4 is 17.9 Å². The van der Waals surface area contributed by atoms with Crippen molar-refractivity contribution < 1.29 is 19.1 Å². The summed E-state index contributed by atoms with van der Waals surface area (Å²) in [5.41, 5.74) is 2.14. The molecule has 0 fully saturated rings. The average molecular weight is 504 g/mol. The van der Waals surface area contributed by atoms with Gasteiger partial charge in [0.15, 0.2) is 0 Å². The van der Waals surface area contributed by atoms with Gasteiger partial charge in [-0.05, 0) is 72.8 Å². The minimum absolute atomic E-state index is 0.0788. The lowest BCUT2D eigenvalue weighted by Crippen LogP contribution is -2.54. The Morgan fingerprint density at radius 3 is 2.00 bits per heavy atom. The highest BCUT2D eigenvalue weighted by atomic mass is 16.6. The van der Waals surface area contributed by atoms with Gasteiger partial charge in [-0.3, -0.25) is 9.59 Å². The molecule has 1 rings (SSSR count). The minimum Gasteiger partial charge on any atom is -0.444 e. The maximum atomic E-state index is 14.1. The third-order valence-electron chi connectivity index (χ3n) is 5.53. The summed E-state index contributed by atoms with van der Waals surface area (Å²) in [7, 11) is 0. The molecule has 36 heavy (non-hydrogen) atoms. The third-order valence-corrected chi connectivity index (χ3v) is 5.53. The third kappa shape index (κ3) is 11.0. The van der Waals surface area contributed by atoms with E-state index in [4.69, 9.17) is 4.74 Å². The zero-order valence-electron chi connectivity index (χ0n) is 24.2. The number of benzene rings is 1. The summed E-state index contributed by atoms with van der Waals surface area (Å²) in [4.78, 5) is 42.0. The topological polar surface area (TPSA) is 87.7 Å². The Morgan fingerprint density at radius 1 is 0.944 bits per heavy atom. The van der Waals surface area contributed by atoms with Crippen LogP contribution in [0, 0.1) is 19.8 Å². The van der Waals surface area contributed by atoms with E-state index in [0.29, 0.717) is 13.0 Å². The first kappa shape index (κ1) is 31.5. The van der Waals surface area contributed by atoms with Crippen LogP contribution in [0.4, 0.5) is 4.79 Å². The van der Waals surface area contributed by atoms with Crippen LogP contribution >= 0.6 is 0 Å². The van der Waals surface area contributed by atoms with Crippen molar-refractivity contribution in [3.63, 3.8) is 0 Å². The predicted octanol–water partition coefficient (Wildman–Crippen LogP) is 5.83. The van der Waals surface area contributed by atoms with E-state index in [9.17, 15) is 14.4 Å². The fraction of sp³-hybridized carbons (Fsp3) is 0.690. The lowest BCUT2D eigenvalue weighted by atomic mass is 9.96. The number of hydrogen-bond donors (Lipinski definition) is 2. The van der Waals surface area contributed by atoms with Crippen LogP contribution in [0.15, 0.2) is 18.2 Å². The van der Waals surface area contributed by atoms with Gasteiger partial charge in [0.1, 0.15) is 17.7 Å². The Balaban J connectivity index is 3.53. The molecule has 0 aliphatic heterocycles. The maximum absolute atomic E-state index is 14.1. The normalized spacial score (nSPS) is 13.3. The van der Waals surface area contributed by atoms with Crippen molar-refractivity contribution in [1.29, 1.82) is 0 Å². The van der Waals surface area contributed by atoms with Gasteiger partial charge in [-0.1, -0.05) is 62.9 Å². The van der Waals surface area contributed by atoms with E-state index in [1.165, 1.54) is 0 Å². The van der Waals surface area contributed by atoms with E-state index in [2.05, 4.69) is 23.6 Å². The van der Waals surface area contributed by atoms with Crippen LogP contribution in [-0.4, -0.2) is 47.0 Å². The monoisotopic (exact) mass is 503 g/mol. The molecule has 7 nitrogen and oxygen atoms in total. The fourth-order valence-corrected chi connectivity index (χ4v) is 4.25. The second-order valence-corrected chi connectivity index (χ2v) is 11.6. The zero-order valence-corrected chi connectivity index (χ0v) is 24.2. The Kier molecular flexibility index (Phi) is 12.4. The van der Waals surface area contributed by atoms with E-state index in [1.807, 2.05) is 53.7 Å². The Morgan fingerprint density at radius 2 is 1.53 bits per heavy atom. The quantitative estimate of drug-likeness (QED) is 0.352. The number of carbonyl (C=O) groups is 3. The summed E-state index contributed by atoms with van der Waals surface area (Å²) < 4.78 is 5.45. The highest BCUT2D eigenvalue weighted by Gasteiger charge is 2.36. The molecule has 0 aliphatic carbocycles. The molecular weight excluding hydrogens is 454 g/mol. The van der Waals surface area contributed by atoms with Crippen molar-refractivity contribution in [3.05, 3.63) is 34.9 Å². The highest BCUT2D eigenvalue weighted by Crippen LogP contribution is 2.27. The molecule has 2 N–H and O–H groups in total. The molecule has 2 unspecified atom stereocenters. The largest absolute Gasteiger partial charge is 0.444 e. The van der Waals surface area contributed by atoms with Gasteiger partial charge in [-0.15, -0.1) is 0 Å². The first-order valence-corrected chi connectivity index (χ1v) is 13.3. The molecule has 0 radical (unpaired) electrons. The van der Waals surface area contributed by atoms with Gasteiger partial charge in [0.05, 0.1) is 0 Å². The van der Waals surface area contributed by atoms with E-state index < -0.39 is 23.8 Å². The van der Waals surface area contributed by atoms with Gasteiger partial charge in [-0.25, -0.2) is 4.79 Å². The number of nitrogens with one attached hydrogen (secondary N) is 2. The van der Waals surface area contributed by atoms with Crippen LogP contribution in [0.3, 0.4) is 0 Å². The highest BCUT2D eigenvalue weighted by molar-refractivity contribution is 5.92. The molecule has 7 heteroatoms. The molecule has 0 spiro atoms. The van der Waals surface area contributed by atoms with E-state index >= 15 is 0 Å². The number of aryl methyl sites for hydroxylation is 2. The summed E-state index contributed by atoms with van der Waals surface area (Å²) in [6.45, 7) is 19.7. The van der Waals surface area contributed by atoms with Crippen LogP contribution in [0.2, 0.25) is 0 Å². The number of carbonyl (C=O) groups excluding carboxylic acids is 3. The number of amides is 3. The number of ether oxygens (including phenoxy) is 1. The molecule has 1 aromatic rings. The number of rotatable bonds is 12. The van der Waals surface area contributed by atoms with Crippen molar-refractivity contribution in [2.75, 3.05) is 6.54 Å². The van der Waals surface area contributed by atoms with Crippen LogP contribution in [0.5, 0.6) is 0 Å². The first-order chi connectivity index (χ1) is 16.6. The van der Waals surface area contributed by atoms with E-state index in [0.717, 1.165) is 36.0 Å². The number of alkyl carbamates (subject to hydrolysis) is 1. The molecule has 0 aliphatic rings.